The van der Waals surface area contributed by atoms with E-state index >= 15 is 0 Å². The zero-order valence-electron chi connectivity index (χ0n) is 18.9. The molecular weight excluding hydrogens is 495 g/mol. The first kappa shape index (κ1) is 25.3. The number of benzene rings is 2. The van der Waals surface area contributed by atoms with Gasteiger partial charge in [0.15, 0.2) is 12.3 Å². The molecule has 2 aromatic heterocycles. The first-order valence-electron chi connectivity index (χ1n) is 11.0. The van der Waals surface area contributed by atoms with Crippen LogP contribution in [0.1, 0.15) is 34.8 Å². The van der Waals surface area contributed by atoms with Crippen LogP contribution in [-0.4, -0.2) is 31.4 Å². The number of unbranched alkanes of at least 4 members (excludes halogenated alkanes) is 1. The number of halogens is 3. The van der Waals surface area contributed by atoms with Gasteiger partial charge in [0.2, 0.25) is 5.89 Å². The lowest BCUT2D eigenvalue weighted by atomic mass is 10.1. The monoisotopic (exact) mass is 517 g/mol. The Morgan fingerprint density at radius 2 is 1.86 bits per heavy atom. The van der Waals surface area contributed by atoms with Crippen LogP contribution in [0.3, 0.4) is 0 Å². The number of ether oxygens (including phenoxy) is 1. The van der Waals surface area contributed by atoms with Crippen LogP contribution in [0.15, 0.2) is 76.5 Å². The molecule has 12 heteroatoms. The maximum Gasteiger partial charge on any atom is 0.446 e. The number of hydrogen-bond acceptors (Lipinski definition) is 7. The summed E-state index contributed by atoms with van der Waals surface area (Å²) >= 11 is -0.223. The topological polar surface area (TPSA) is 95.1 Å². The molecule has 1 amide bonds. The molecule has 0 aliphatic heterocycles. The van der Waals surface area contributed by atoms with Gasteiger partial charge in [0, 0.05) is 23.3 Å². The van der Waals surface area contributed by atoms with Crippen LogP contribution in [0.5, 0.6) is 5.75 Å². The highest BCUT2D eigenvalue weighted by Gasteiger charge is 2.29. The highest BCUT2D eigenvalue weighted by atomic mass is 32.2. The van der Waals surface area contributed by atoms with Crippen LogP contribution >= 0.6 is 11.8 Å². The van der Waals surface area contributed by atoms with E-state index in [1.807, 2.05) is 35.1 Å². The Labute approximate surface area is 208 Å². The Kier molecular flexibility index (Phi) is 8.26. The average molecular weight is 518 g/mol. The molecule has 0 spiro atoms. The molecule has 1 N–H and O–H groups in total. The molecule has 4 aromatic rings. The van der Waals surface area contributed by atoms with Crippen LogP contribution in [0, 0.1) is 0 Å². The summed E-state index contributed by atoms with van der Waals surface area (Å²) in [6, 6.07) is 13.1. The second kappa shape index (κ2) is 11.8. The molecule has 4 rings (SSSR count). The van der Waals surface area contributed by atoms with Crippen molar-refractivity contribution in [3.8, 4) is 5.75 Å². The van der Waals surface area contributed by atoms with Crippen molar-refractivity contribution in [3.05, 3.63) is 84.3 Å². The summed E-state index contributed by atoms with van der Waals surface area (Å²) in [5.41, 5.74) is -2.80. The number of oxazole rings is 1. The van der Waals surface area contributed by atoms with Gasteiger partial charge in [0.25, 0.3) is 5.91 Å². The van der Waals surface area contributed by atoms with Gasteiger partial charge in [-0.2, -0.15) is 13.2 Å². The minimum atomic E-state index is -4.37. The second-order valence-corrected chi connectivity index (χ2v) is 8.85. The van der Waals surface area contributed by atoms with Gasteiger partial charge >= 0.3 is 5.51 Å². The van der Waals surface area contributed by atoms with Crippen molar-refractivity contribution in [1.29, 1.82) is 0 Å². The molecule has 8 nitrogen and oxygen atoms in total. The van der Waals surface area contributed by atoms with Gasteiger partial charge in [-0.05, 0) is 73.0 Å². The Morgan fingerprint density at radius 3 is 2.56 bits per heavy atom. The smallest absolute Gasteiger partial charge is 0.446 e. The third kappa shape index (κ3) is 7.87. The minimum Gasteiger partial charge on any atom is -0.484 e. The third-order valence-corrected chi connectivity index (χ3v) is 5.73. The van der Waals surface area contributed by atoms with Crippen LogP contribution in [0.4, 0.5) is 18.9 Å². The van der Waals surface area contributed by atoms with Crippen molar-refractivity contribution in [2.45, 2.75) is 42.8 Å². The predicted molar refractivity (Wildman–Crippen MR) is 127 cm³/mol. The summed E-state index contributed by atoms with van der Waals surface area (Å²) in [5, 5.41) is 10.3. The molecular formula is C24H22F3N5O3S. The van der Waals surface area contributed by atoms with Crippen molar-refractivity contribution in [3.63, 3.8) is 0 Å². The lowest BCUT2D eigenvalue weighted by molar-refractivity contribution is -0.0328. The first-order valence-corrected chi connectivity index (χ1v) is 11.8. The number of anilines is 1. The lowest BCUT2D eigenvalue weighted by Gasteiger charge is -2.07. The molecule has 0 unspecified atom stereocenters. The molecule has 0 saturated carbocycles. The molecule has 0 fully saturated rings. The molecule has 0 bridgehead atoms. The Balaban J connectivity index is 1.20. The number of carbonyl (C=O) groups is 1. The van der Waals surface area contributed by atoms with E-state index in [-0.39, 0.29) is 34.8 Å². The van der Waals surface area contributed by atoms with Gasteiger partial charge in [0.1, 0.15) is 12.0 Å². The molecule has 0 atom stereocenters. The van der Waals surface area contributed by atoms with Gasteiger partial charge in [-0.15, -0.1) is 5.10 Å². The highest BCUT2D eigenvalue weighted by Crippen LogP contribution is 2.37. The van der Waals surface area contributed by atoms with Crippen molar-refractivity contribution in [2.24, 2.45) is 0 Å². The van der Waals surface area contributed by atoms with Gasteiger partial charge in [0.05, 0.1) is 6.20 Å². The number of rotatable bonds is 11. The summed E-state index contributed by atoms with van der Waals surface area (Å²) in [4.78, 5) is 16.5. The second-order valence-electron chi connectivity index (χ2n) is 7.71. The predicted octanol–water partition coefficient (Wildman–Crippen LogP) is 5.73. The Morgan fingerprint density at radius 1 is 1.08 bits per heavy atom. The van der Waals surface area contributed by atoms with E-state index < -0.39 is 11.4 Å². The lowest BCUT2D eigenvalue weighted by Crippen LogP contribution is -2.12. The number of nitrogens with zero attached hydrogens (tertiary/aromatic N) is 4. The molecule has 2 aromatic carbocycles. The molecule has 2 heterocycles. The number of thioether (sulfide) groups is 1. The number of amides is 1. The van der Waals surface area contributed by atoms with Crippen LogP contribution in [0.2, 0.25) is 0 Å². The van der Waals surface area contributed by atoms with E-state index in [1.54, 1.807) is 6.20 Å². The van der Waals surface area contributed by atoms with E-state index in [0.717, 1.165) is 25.8 Å². The number of hydrogen-bond donors (Lipinski definition) is 1. The number of aryl methyl sites for hydroxylation is 2. The molecule has 0 aliphatic rings. The molecule has 188 valence electrons. The fourth-order valence-corrected chi connectivity index (χ4v) is 3.81. The summed E-state index contributed by atoms with van der Waals surface area (Å²) < 4.78 is 50.1. The standard InChI is InChI=1S/C24H22F3N5O3S/c25-24(26,27)36-20-10-6-18(7-11-20)29-23(33)21-15-35-22(30-21)16-34-19-8-4-17(5-9-19)3-1-2-13-32-14-12-28-31-32/h4-12,14-15H,1-3,13,16H2,(H,29,33). The number of aromatic nitrogens is 4. The number of carbonyl (C=O) groups excluding carboxylic acids is 1. The minimum absolute atomic E-state index is 0.0255. The molecule has 0 radical (unpaired) electrons. The van der Waals surface area contributed by atoms with Crippen molar-refractivity contribution >= 4 is 23.4 Å². The zero-order valence-corrected chi connectivity index (χ0v) is 19.8. The summed E-state index contributed by atoms with van der Waals surface area (Å²) in [5.74, 6) is 0.311. The Hall–Kier alpha value is -3.80. The maximum absolute atomic E-state index is 12.4. The van der Waals surface area contributed by atoms with Crippen LogP contribution in [0.25, 0.3) is 0 Å². The molecule has 36 heavy (non-hydrogen) atoms. The maximum atomic E-state index is 12.4. The van der Waals surface area contributed by atoms with Gasteiger partial charge < -0.3 is 14.5 Å². The Bertz CT molecular complexity index is 1240. The van der Waals surface area contributed by atoms with Crippen LogP contribution < -0.4 is 10.1 Å². The fraction of sp³-hybridized carbons (Fsp3) is 0.250. The van der Waals surface area contributed by atoms with E-state index in [2.05, 4.69) is 20.6 Å². The third-order valence-electron chi connectivity index (χ3n) is 4.99. The zero-order chi connectivity index (χ0) is 25.4. The van der Waals surface area contributed by atoms with Gasteiger partial charge in [-0.1, -0.05) is 17.3 Å². The first-order chi connectivity index (χ1) is 17.3. The van der Waals surface area contributed by atoms with Gasteiger partial charge in [-0.25, -0.2) is 4.98 Å². The van der Waals surface area contributed by atoms with E-state index in [9.17, 15) is 18.0 Å². The van der Waals surface area contributed by atoms with Crippen LogP contribution in [-0.2, 0) is 19.6 Å². The largest absolute Gasteiger partial charge is 0.484 e. The quantitative estimate of drug-likeness (QED) is 0.200. The summed E-state index contributed by atoms with van der Waals surface area (Å²) in [6.45, 7) is 0.874. The van der Waals surface area contributed by atoms with Crippen molar-refractivity contribution in [2.75, 3.05) is 5.32 Å². The SMILES string of the molecule is O=C(Nc1ccc(SC(F)(F)F)cc1)c1coc(COc2ccc(CCCCn3ccnn3)cc2)n1. The van der Waals surface area contributed by atoms with Gasteiger partial charge in [-0.3, -0.25) is 9.48 Å². The van der Waals surface area contributed by atoms with Crippen molar-refractivity contribution in [1.82, 2.24) is 20.0 Å². The normalized spacial score (nSPS) is 11.4. The summed E-state index contributed by atoms with van der Waals surface area (Å²) in [7, 11) is 0. The van der Waals surface area contributed by atoms with E-state index in [4.69, 9.17) is 9.15 Å². The molecule has 0 saturated heterocycles. The highest BCUT2D eigenvalue weighted by molar-refractivity contribution is 8.00. The molecule has 0 aliphatic carbocycles. The number of nitrogens with one attached hydrogen (secondary N) is 1. The average Bonchev–Trinajstić information content (AvgIpc) is 3.54. The fourth-order valence-electron chi connectivity index (χ4n) is 3.27. The van der Waals surface area contributed by atoms with E-state index in [1.165, 1.54) is 36.1 Å². The number of alkyl halides is 3. The summed E-state index contributed by atoms with van der Waals surface area (Å²) in [6.07, 6.45) is 7.68. The van der Waals surface area contributed by atoms with E-state index in [0.29, 0.717) is 11.4 Å². The van der Waals surface area contributed by atoms with Crippen molar-refractivity contribution < 1.29 is 27.1 Å².